The van der Waals surface area contributed by atoms with Crippen molar-refractivity contribution in [1.29, 1.82) is 0 Å². The van der Waals surface area contributed by atoms with E-state index in [0.717, 1.165) is 29.6 Å². The Morgan fingerprint density at radius 1 is 1.08 bits per heavy atom. The predicted molar refractivity (Wildman–Crippen MR) is 87.0 cm³/mol. The van der Waals surface area contributed by atoms with Crippen molar-refractivity contribution in [3.05, 3.63) is 66.2 Å². The van der Waals surface area contributed by atoms with E-state index in [0.29, 0.717) is 5.16 Å². The van der Waals surface area contributed by atoms with E-state index in [2.05, 4.69) is 15.4 Å². The third-order valence-electron chi connectivity index (χ3n) is 3.13. The van der Waals surface area contributed by atoms with Crippen molar-refractivity contribution in [1.82, 2.24) is 14.8 Å². The Hall–Kier alpha value is -2.81. The number of para-hydroxylation sites is 1. The summed E-state index contributed by atoms with van der Waals surface area (Å²) in [5, 5.41) is 6.74. The number of hydrogen-bond acceptors (Lipinski definition) is 4. The molecule has 0 aliphatic rings. The van der Waals surface area contributed by atoms with Crippen LogP contribution in [0, 0.1) is 17.5 Å². The van der Waals surface area contributed by atoms with Gasteiger partial charge in [-0.25, -0.2) is 22.8 Å². The Kier molecular flexibility index (Phi) is 5.03. The number of anilines is 1. The van der Waals surface area contributed by atoms with Gasteiger partial charge in [0.05, 0.1) is 17.1 Å². The van der Waals surface area contributed by atoms with Crippen LogP contribution in [0.1, 0.15) is 0 Å². The van der Waals surface area contributed by atoms with Crippen molar-refractivity contribution in [3.63, 3.8) is 0 Å². The zero-order valence-electron chi connectivity index (χ0n) is 12.6. The SMILES string of the molecule is O=C(CSc1ncn(-c2ccccc2)n1)Nc1ccc(F)c(F)c1F. The maximum Gasteiger partial charge on any atom is 0.234 e. The van der Waals surface area contributed by atoms with Gasteiger partial charge in [-0.2, -0.15) is 0 Å². The van der Waals surface area contributed by atoms with E-state index in [-0.39, 0.29) is 5.75 Å². The zero-order valence-corrected chi connectivity index (χ0v) is 13.4. The average Bonchev–Trinajstić information content (AvgIpc) is 3.10. The number of nitrogens with zero attached hydrogens (tertiary/aromatic N) is 3. The molecule has 0 saturated heterocycles. The van der Waals surface area contributed by atoms with Crippen LogP contribution in [-0.4, -0.2) is 26.4 Å². The van der Waals surface area contributed by atoms with Crippen LogP contribution in [0.15, 0.2) is 53.9 Å². The van der Waals surface area contributed by atoms with Crippen LogP contribution >= 0.6 is 11.8 Å². The van der Waals surface area contributed by atoms with Gasteiger partial charge < -0.3 is 5.32 Å². The third-order valence-corrected chi connectivity index (χ3v) is 3.98. The second kappa shape index (κ2) is 7.39. The molecule has 9 heteroatoms. The van der Waals surface area contributed by atoms with Gasteiger partial charge >= 0.3 is 0 Å². The number of aromatic nitrogens is 3. The molecule has 0 fully saturated rings. The molecule has 3 rings (SSSR count). The fourth-order valence-electron chi connectivity index (χ4n) is 1.96. The van der Waals surface area contributed by atoms with Crippen LogP contribution in [0.25, 0.3) is 5.69 Å². The molecule has 1 aromatic heterocycles. The second-order valence-electron chi connectivity index (χ2n) is 4.87. The smallest absolute Gasteiger partial charge is 0.234 e. The van der Waals surface area contributed by atoms with Crippen molar-refractivity contribution < 1.29 is 18.0 Å². The molecule has 0 bridgehead atoms. The lowest BCUT2D eigenvalue weighted by atomic mass is 10.3. The van der Waals surface area contributed by atoms with Gasteiger partial charge in [0.2, 0.25) is 11.1 Å². The summed E-state index contributed by atoms with van der Waals surface area (Å²) in [6.45, 7) is 0. The lowest BCUT2D eigenvalue weighted by Gasteiger charge is -2.06. The molecule has 0 aliphatic carbocycles. The summed E-state index contributed by atoms with van der Waals surface area (Å²) >= 11 is 1.03. The summed E-state index contributed by atoms with van der Waals surface area (Å²) in [4.78, 5) is 15.9. The third kappa shape index (κ3) is 4.00. The summed E-state index contributed by atoms with van der Waals surface area (Å²) < 4.78 is 41.0. The minimum atomic E-state index is -1.63. The summed E-state index contributed by atoms with van der Waals surface area (Å²) in [5.74, 6) is -5.10. The first-order valence-corrected chi connectivity index (χ1v) is 8.06. The topological polar surface area (TPSA) is 59.8 Å². The van der Waals surface area contributed by atoms with Gasteiger partial charge in [0, 0.05) is 0 Å². The van der Waals surface area contributed by atoms with E-state index < -0.39 is 29.0 Å². The molecule has 128 valence electrons. The van der Waals surface area contributed by atoms with Crippen LogP contribution in [-0.2, 0) is 4.79 Å². The molecule has 0 unspecified atom stereocenters. The minimum Gasteiger partial charge on any atom is -0.323 e. The van der Waals surface area contributed by atoms with Gasteiger partial charge in [-0.05, 0) is 24.3 Å². The summed E-state index contributed by atoms with van der Waals surface area (Å²) in [5.41, 5.74) is 0.391. The van der Waals surface area contributed by atoms with Gasteiger partial charge in [0.25, 0.3) is 0 Å². The summed E-state index contributed by atoms with van der Waals surface area (Å²) in [7, 11) is 0. The highest BCUT2D eigenvalue weighted by atomic mass is 32.2. The molecule has 2 aromatic carbocycles. The lowest BCUT2D eigenvalue weighted by Crippen LogP contribution is -2.16. The monoisotopic (exact) mass is 364 g/mol. The first kappa shape index (κ1) is 17.0. The number of thioether (sulfide) groups is 1. The number of carbonyl (C=O) groups is 1. The molecule has 1 N–H and O–H groups in total. The highest BCUT2D eigenvalue weighted by Crippen LogP contribution is 2.20. The first-order chi connectivity index (χ1) is 12.0. The van der Waals surface area contributed by atoms with Crippen LogP contribution < -0.4 is 5.32 Å². The molecule has 5 nitrogen and oxygen atoms in total. The van der Waals surface area contributed by atoms with E-state index in [9.17, 15) is 18.0 Å². The molecule has 25 heavy (non-hydrogen) atoms. The molecule has 3 aromatic rings. The average molecular weight is 364 g/mol. The van der Waals surface area contributed by atoms with Gasteiger partial charge in [-0.3, -0.25) is 4.79 Å². The molecular weight excluding hydrogens is 353 g/mol. The number of hydrogen-bond donors (Lipinski definition) is 1. The Bertz CT molecular complexity index is 902. The lowest BCUT2D eigenvalue weighted by molar-refractivity contribution is -0.113. The largest absolute Gasteiger partial charge is 0.323 e. The van der Waals surface area contributed by atoms with E-state index >= 15 is 0 Å². The highest BCUT2D eigenvalue weighted by molar-refractivity contribution is 7.99. The van der Waals surface area contributed by atoms with Crippen LogP contribution in [0.5, 0.6) is 0 Å². The van der Waals surface area contributed by atoms with Gasteiger partial charge in [0.1, 0.15) is 6.33 Å². The van der Waals surface area contributed by atoms with Gasteiger partial charge in [-0.15, -0.1) is 5.10 Å². The van der Waals surface area contributed by atoms with Crippen LogP contribution in [0.3, 0.4) is 0 Å². The Balaban J connectivity index is 1.60. The molecule has 1 heterocycles. The van der Waals surface area contributed by atoms with Crippen LogP contribution in [0.4, 0.5) is 18.9 Å². The first-order valence-electron chi connectivity index (χ1n) is 7.08. The number of halogens is 3. The van der Waals surface area contributed by atoms with Crippen molar-refractivity contribution in [2.75, 3.05) is 11.1 Å². The standard InChI is InChI=1S/C16H11F3N4OS/c17-11-6-7-12(15(19)14(11)18)21-13(24)8-25-16-20-9-23(22-16)10-4-2-1-3-5-10/h1-7,9H,8H2,(H,21,24). The van der Waals surface area contributed by atoms with E-state index in [4.69, 9.17) is 0 Å². The fraction of sp³-hybridized carbons (Fsp3) is 0.0625. The van der Waals surface area contributed by atoms with Crippen molar-refractivity contribution in [2.24, 2.45) is 0 Å². The minimum absolute atomic E-state index is 0.114. The molecule has 0 spiro atoms. The van der Waals surface area contributed by atoms with Gasteiger partial charge in [-0.1, -0.05) is 30.0 Å². The molecule has 0 aliphatic heterocycles. The van der Waals surface area contributed by atoms with Crippen molar-refractivity contribution in [2.45, 2.75) is 5.16 Å². The molecule has 0 saturated carbocycles. The van der Waals surface area contributed by atoms with E-state index in [1.807, 2.05) is 30.3 Å². The normalized spacial score (nSPS) is 10.7. The van der Waals surface area contributed by atoms with Crippen LogP contribution in [0.2, 0.25) is 0 Å². The molecular formula is C16H11F3N4OS. The summed E-state index contributed by atoms with van der Waals surface area (Å²) in [6.07, 6.45) is 1.50. The maximum absolute atomic E-state index is 13.5. The highest BCUT2D eigenvalue weighted by Gasteiger charge is 2.15. The fourth-order valence-corrected chi connectivity index (χ4v) is 2.56. The Morgan fingerprint density at radius 3 is 2.60 bits per heavy atom. The Labute approximate surface area is 144 Å². The van der Waals surface area contributed by atoms with Crippen molar-refractivity contribution >= 4 is 23.4 Å². The quantitative estimate of drug-likeness (QED) is 0.557. The predicted octanol–water partition coefficient (Wildman–Crippen LogP) is 3.42. The summed E-state index contributed by atoms with van der Waals surface area (Å²) in [6, 6.07) is 11.0. The van der Waals surface area contributed by atoms with E-state index in [1.54, 1.807) is 4.68 Å². The molecule has 1 amide bonds. The van der Waals surface area contributed by atoms with Gasteiger partial charge in [0.15, 0.2) is 17.5 Å². The number of benzene rings is 2. The molecule has 0 radical (unpaired) electrons. The molecule has 0 atom stereocenters. The zero-order chi connectivity index (χ0) is 17.8. The maximum atomic E-state index is 13.5. The number of nitrogens with one attached hydrogen (secondary N) is 1. The number of rotatable bonds is 5. The number of carbonyl (C=O) groups excluding carboxylic acids is 1. The Morgan fingerprint density at radius 2 is 1.84 bits per heavy atom. The number of amides is 1. The van der Waals surface area contributed by atoms with Crippen molar-refractivity contribution in [3.8, 4) is 5.69 Å². The second-order valence-corrected chi connectivity index (χ2v) is 5.81. The van der Waals surface area contributed by atoms with E-state index in [1.165, 1.54) is 6.33 Å².